The van der Waals surface area contributed by atoms with E-state index in [1.807, 2.05) is 0 Å². The second-order valence-electron chi connectivity index (χ2n) is 20.5. The zero-order valence-electron chi connectivity index (χ0n) is 42.3. The molecular formula is C75H45N3. The van der Waals surface area contributed by atoms with Gasteiger partial charge in [-0.15, -0.1) is 0 Å². The van der Waals surface area contributed by atoms with Crippen molar-refractivity contribution in [3.63, 3.8) is 0 Å². The first kappa shape index (κ1) is 44.0. The molecule has 0 atom stereocenters. The molecule has 0 radical (unpaired) electrons. The van der Waals surface area contributed by atoms with E-state index < -0.39 is 0 Å². The topological polar surface area (TPSA) is 38.7 Å². The Labute approximate surface area is 450 Å². The molecule has 78 heavy (non-hydrogen) atoms. The third-order valence-corrected chi connectivity index (χ3v) is 16.2. The van der Waals surface area contributed by atoms with Crippen molar-refractivity contribution in [3.8, 4) is 67.5 Å². The number of hydrogen-bond donors (Lipinski definition) is 0. The van der Waals surface area contributed by atoms with E-state index in [0.29, 0.717) is 17.5 Å². The summed E-state index contributed by atoms with van der Waals surface area (Å²) in [5.41, 5.74) is 9.87. The molecule has 0 aliphatic heterocycles. The van der Waals surface area contributed by atoms with Crippen LogP contribution in [0.5, 0.6) is 0 Å². The van der Waals surface area contributed by atoms with Crippen molar-refractivity contribution >= 4 is 97.0 Å². The first-order valence-corrected chi connectivity index (χ1v) is 26.8. The maximum Gasteiger partial charge on any atom is 0.164 e. The summed E-state index contributed by atoms with van der Waals surface area (Å²) >= 11 is 0. The van der Waals surface area contributed by atoms with Gasteiger partial charge in [0.1, 0.15) is 0 Å². The molecule has 0 amide bonds. The molecule has 0 bridgehead atoms. The number of nitrogens with zero attached hydrogens (tertiary/aromatic N) is 3. The summed E-state index contributed by atoms with van der Waals surface area (Å²) in [5, 5.41) is 20.8. The second kappa shape index (κ2) is 17.6. The molecule has 0 saturated heterocycles. The zero-order valence-corrected chi connectivity index (χ0v) is 42.3. The van der Waals surface area contributed by atoms with Crippen LogP contribution in [0, 0.1) is 0 Å². The monoisotopic (exact) mass is 987 g/mol. The molecule has 0 fully saturated rings. The predicted molar refractivity (Wildman–Crippen MR) is 330 cm³/mol. The minimum absolute atomic E-state index is 0.609. The molecule has 1 aromatic heterocycles. The van der Waals surface area contributed by atoms with E-state index in [0.717, 1.165) is 81.9 Å². The van der Waals surface area contributed by atoms with Crippen molar-refractivity contribution in [2.75, 3.05) is 0 Å². The van der Waals surface area contributed by atoms with Gasteiger partial charge in [-0.2, -0.15) is 0 Å². The van der Waals surface area contributed by atoms with E-state index in [9.17, 15) is 0 Å². The van der Waals surface area contributed by atoms with Gasteiger partial charge < -0.3 is 0 Å². The van der Waals surface area contributed by atoms with Gasteiger partial charge in [0.15, 0.2) is 17.5 Å². The first-order chi connectivity index (χ1) is 38.7. The summed E-state index contributed by atoms with van der Waals surface area (Å²) < 4.78 is 0. The average molecular weight is 988 g/mol. The first-order valence-electron chi connectivity index (χ1n) is 26.8. The Hall–Kier alpha value is -10.4. The van der Waals surface area contributed by atoms with Crippen molar-refractivity contribution in [1.29, 1.82) is 0 Å². The van der Waals surface area contributed by atoms with Crippen LogP contribution in [0.15, 0.2) is 273 Å². The van der Waals surface area contributed by atoms with Gasteiger partial charge in [-0.25, -0.2) is 15.0 Å². The quantitative estimate of drug-likeness (QED) is 0.123. The van der Waals surface area contributed by atoms with Gasteiger partial charge in [0.05, 0.1) is 0 Å². The smallest absolute Gasteiger partial charge is 0.164 e. The molecule has 0 aliphatic carbocycles. The Morgan fingerprint density at radius 1 is 0.167 bits per heavy atom. The van der Waals surface area contributed by atoms with Crippen LogP contribution in [-0.4, -0.2) is 15.0 Å². The third kappa shape index (κ3) is 6.88. The summed E-state index contributed by atoms with van der Waals surface area (Å²) in [6.45, 7) is 0. The highest BCUT2D eigenvalue weighted by atomic mass is 15.0. The highest BCUT2D eigenvalue weighted by Crippen LogP contribution is 2.47. The number of hydrogen-bond acceptors (Lipinski definition) is 3. The van der Waals surface area contributed by atoms with E-state index in [2.05, 4.69) is 273 Å². The van der Waals surface area contributed by atoms with Crippen LogP contribution in [0.3, 0.4) is 0 Å². The third-order valence-electron chi connectivity index (χ3n) is 16.2. The molecule has 0 aliphatic rings. The fourth-order valence-electron chi connectivity index (χ4n) is 12.8. The van der Waals surface area contributed by atoms with Gasteiger partial charge in [-0.3, -0.25) is 0 Å². The fraction of sp³-hybridized carbons (Fsp3) is 0. The molecule has 0 saturated carbocycles. The Balaban J connectivity index is 1.07. The standard InChI is InChI=1S/C75H45N3/c1-4-22-46(23-5-1)70-52-31-13-10-28-49(52)40-61-55-34-16-19-37-58(55)67(43-64(61)70)73-76-74(68-44-65-62(56-35-17-20-38-59(56)68)41-50-29-11-14-32-53(50)71(65)47-24-6-2-7-25-47)78-75(77-73)69-45-66-63(57-36-18-21-39-60(57)69)42-51-30-12-15-33-54(51)72(66)48-26-8-3-9-27-48/h1-45H. The molecular weight excluding hydrogens is 943 g/mol. The van der Waals surface area contributed by atoms with Crippen LogP contribution in [0.4, 0.5) is 0 Å². The summed E-state index contributed by atoms with van der Waals surface area (Å²) in [6, 6.07) is 99.2. The highest BCUT2D eigenvalue weighted by Gasteiger charge is 2.24. The minimum Gasteiger partial charge on any atom is -0.208 e. The van der Waals surface area contributed by atoms with E-state index >= 15 is 0 Å². The number of rotatable bonds is 6. The lowest BCUT2D eigenvalue weighted by Gasteiger charge is -2.19. The molecule has 16 rings (SSSR count). The van der Waals surface area contributed by atoms with Gasteiger partial charge in [-0.05, 0) is 167 Å². The van der Waals surface area contributed by atoms with E-state index in [4.69, 9.17) is 15.0 Å². The van der Waals surface area contributed by atoms with Gasteiger partial charge in [0.25, 0.3) is 0 Å². The normalized spacial score (nSPS) is 11.8. The number of aromatic nitrogens is 3. The lowest BCUT2D eigenvalue weighted by Crippen LogP contribution is -2.02. The van der Waals surface area contributed by atoms with Gasteiger partial charge in [0.2, 0.25) is 0 Å². The molecule has 16 aromatic rings. The Morgan fingerprint density at radius 2 is 0.397 bits per heavy atom. The lowest BCUT2D eigenvalue weighted by molar-refractivity contribution is 1.08. The van der Waals surface area contributed by atoms with Gasteiger partial charge in [-0.1, -0.05) is 237 Å². The number of fused-ring (bicyclic) bond motifs is 12. The zero-order chi connectivity index (χ0) is 51.3. The Kier molecular flexibility index (Phi) is 9.94. The van der Waals surface area contributed by atoms with Crippen molar-refractivity contribution in [3.05, 3.63) is 273 Å². The van der Waals surface area contributed by atoms with Crippen molar-refractivity contribution < 1.29 is 0 Å². The molecule has 360 valence electrons. The van der Waals surface area contributed by atoms with E-state index in [1.165, 1.54) is 65.2 Å². The minimum atomic E-state index is 0.609. The van der Waals surface area contributed by atoms with Crippen molar-refractivity contribution in [1.82, 2.24) is 15.0 Å². The Morgan fingerprint density at radius 3 is 0.679 bits per heavy atom. The molecule has 0 unspecified atom stereocenters. The van der Waals surface area contributed by atoms with Crippen LogP contribution in [0.25, 0.3) is 164 Å². The average Bonchev–Trinajstić information content (AvgIpc) is 3.70. The van der Waals surface area contributed by atoms with Crippen LogP contribution >= 0.6 is 0 Å². The summed E-state index contributed by atoms with van der Waals surface area (Å²) in [7, 11) is 0. The van der Waals surface area contributed by atoms with Crippen LogP contribution in [0.2, 0.25) is 0 Å². The van der Waals surface area contributed by atoms with Gasteiger partial charge in [0, 0.05) is 16.7 Å². The van der Waals surface area contributed by atoms with E-state index in [-0.39, 0.29) is 0 Å². The molecule has 3 nitrogen and oxygen atoms in total. The lowest BCUT2D eigenvalue weighted by atomic mass is 9.87. The maximum absolute atomic E-state index is 5.77. The fourth-order valence-corrected chi connectivity index (χ4v) is 12.8. The SMILES string of the molecule is c1ccc(-c2c3ccccc3cc3c2cc(-c2nc(-c4cc5c(-c6ccccc6)c6ccccc6cc5c5ccccc45)nc(-c4cc5c(-c6ccccc6)c6ccccc6cc5c5ccccc45)n2)c2ccccc23)cc1. The molecule has 15 aromatic carbocycles. The second-order valence-corrected chi connectivity index (χ2v) is 20.5. The molecule has 3 heteroatoms. The summed E-state index contributed by atoms with van der Waals surface area (Å²) in [5.74, 6) is 1.83. The van der Waals surface area contributed by atoms with Crippen LogP contribution in [-0.2, 0) is 0 Å². The summed E-state index contributed by atoms with van der Waals surface area (Å²) in [4.78, 5) is 17.3. The molecule has 1 heterocycles. The maximum atomic E-state index is 5.77. The Bertz CT molecular complexity index is 4600. The predicted octanol–water partition coefficient (Wildman–Crippen LogP) is 20.3. The van der Waals surface area contributed by atoms with E-state index in [1.54, 1.807) is 0 Å². The molecule has 0 N–H and O–H groups in total. The highest BCUT2D eigenvalue weighted by molar-refractivity contribution is 6.26. The van der Waals surface area contributed by atoms with Crippen molar-refractivity contribution in [2.45, 2.75) is 0 Å². The van der Waals surface area contributed by atoms with Gasteiger partial charge >= 0.3 is 0 Å². The summed E-state index contributed by atoms with van der Waals surface area (Å²) in [6.07, 6.45) is 0. The van der Waals surface area contributed by atoms with Crippen LogP contribution in [0.1, 0.15) is 0 Å². The van der Waals surface area contributed by atoms with Crippen LogP contribution < -0.4 is 0 Å². The molecule has 0 spiro atoms. The number of benzene rings is 15. The largest absolute Gasteiger partial charge is 0.208 e. The van der Waals surface area contributed by atoms with Crippen molar-refractivity contribution in [2.24, 2.45) is 0 Å².